The van der Waals surface area contributed by atoms with Crippen LogP contribution in [-0.2, 0) is 4.74 Å². The van der Waals surface area contributed by atoms with Gasteiger partial charge in [0.2, 0.25) is 0 Å². The fourth-order valence-corrected chi connectivity index (χ4v) is 3.13. The van der Waals surface area contributed by atoms with Crippen LogP contribution < -0.4 is 10.6 Å². The van der Waals surface area contributed by atoms with Crippen molar-refractivity contribution in [3.8, 4) is 0 Å². The maximum atomic E-state index is 12.2. The van der Waals surface area contributed by atoms with Crippen LogP contribution in [0.5, 0.6) is 0 Å². The molecule has 7 heteroatoms. The van der Waals surface area contributed by atoms with Crippen molar-refractivity contribution in [3.63, 3.8) is 0 Å². The van der Waals surface area contributed by atoms with Crippen LogP contribution in [0.15, 0.2) is 48.8 Å². The van der Waals surface area contributed by atoms with Gasteiger partial charge in [0.15, 0.2) is 0 Å². The summed E-state index contributed by atoms with van der Waals surface area (Å²) >= 11 is 6.39. The number of anilines is 1. The zero-order valence-corrected chi connectivity index (χ0v) is 14.6. The number of nitrogens with one attached hydrogen (secondary N) is 2. The third kappa shape index (κ3) is 4.92. The van der Waals surface area contributed by atoms with Crippen molar-refractivity contribution >= 4 is 23.3 Å². The number of benzene rings is 1. The number of rotatable bonds is 5. The average molecular weight is 361 g/mol. The van der Waals surface area contributed by atoms with E-state index < -0.39 is 0 Å². The molecule has 1 fully saturated rings. The van der Waals surface area contributed by atoms with Crippen molar-refractivity contribution in [3.05, 3.63) is 59.4 Å². The SMILES string of the molecule is O=C(NCC(c1ccccc1Cl)N1CCOCC1)Nc1cccnc1. The maximum Gasteiger partial charge on any atom is 0.319 e. The summed E-state index contributed by atoms with van der Waals surface area (Å²) in [5, 5.41) is 6.42. The van der Waals surface area contributed by atoms with E-state index in [1.165, 1.54) is 0 Å². The molecule has 1 aromatic heterocycles. The van der Waals surface area contributed by atoms with Gasteiger partial charge in [-0.3, -0.25) is 9.88 Å². The van der Waals surface area contributed by atoms with Gasteiger partial charge in [0.05, 0.1) is 31.1 Å². The third-order valence-electron chi connectivity index (χ3n) is 4.13. The number of pyridine rings is 1. The fraction of sp³-hybridized carbons (Fsp3) is 0.333. The highest BCUT2D eigenvalue weighted by Crippen LogP contribution is 2.27. The van der Waals surface area contributed by atoms with Crippen LogP contribution in [0, 0.1) is 0 Å². The van der Waals surface area contributed by atoms with E-state index in [0.29, 0.717) is 30.5 Å². The largest absolute Gasteiger partial charge is 0.379 e. The minimum Gasteiger partial charge on any atom is -0.379 e. The summed E-state index contributed by atoms with van der Waals surface area (Å²) in [5.74, 6) is 0. The number of ether oxygens (including phenoxy) is 1. The molecule has 2 heterocycles. The van der Waals surface area contributed by atoms with E-state index in [1.807, 2.05) is 24.3 Å². The van der Waals surface area contributed by atoms with Gasteiger partial charge < -0.3 is 15.4 Å². The highest BCUT2D eigenvalue weighted by Gasteiger charge is 2.24. The number of carbonyl (C=O) groups excluding carboxylic acids is 1. The standard InChI is InChI=1S/C18H21ClN4O2/c19-16-6-2-1-5-15(16)17(23-8-10-25-11-9-23)13-21-18(24)22-14-4-3-7-20-12-14/h1-7,12,17H,8-11,13H2,(H2,21,22,24). The molecular formula is C18H21ClN4O2. The van der Waals surface area contributed by atoms with Crippen LogP contribution in [0.3, 0.4) is 0 Å². The normalized spacial score (nSPS) is 16.2. The maximum absolute atomic E-state index is 12.2. The molecule has 0 bridgehead atoms. The molecule has 1 unspecified atom stereocenters. The number of amides is 2. The summed E-state index contributed by atoms with van der Waals surface area (Å²) in [5.41, 5.74) is 1.66. The van der Waals surface area contributed by atoms with Crippen molar-refractivity contribution in [2.45, 2.75) is 6.04 Å². The predicted molar refractivity (Wildman–Crippen MR) is 97.8 cm³/mol. The van der Waals surface area contributed by atoms with Gasteiger partial charge in [-0.05, 0) is 23.8 Å². The van der Waals surface area contributed by atoms with E-state index in [-0.39, 0.29) is 12.1 Å². The molecule has 0 spiro atoms. The van der Waals surface area contributed by atoms with E-state index in [2.05, 4.69) is 20.5 Å². The monoisotopic (exact) mass is 360 g/mol. The molecule has 0 saturated carbocycles. The first-order chi connectivity index (χ1) is 12.2. The predicted octanol–water partition coefficient (Wildman–Crippen LogP) is 2.93. The van der Waals surface area contributed by atoms with Gasteiger partial charge in [-0.1, -0.05) is 29.8 Å². The third-order valence-corrected chi connectivity index (χ3v) is 4.47. The van der Waals surface area contributed by atoms with Crippen LogP contribution in [0.2, 0.25) is 5.02 Å². The second-order valence-electron chi connectivity index (χ2n) is 5.76. The molecule has 2 N–H and O–H groups in total. The minimum absolute atomic E-state index is 0.00255. The van der Waals surface area contributed by atoms with E-state index in [1.54, 1.807) is 24.5 Å². The Morgan fingerprint density at radius 3 is 2.76 bits per heavy atom. The van der Waals surface area contributed by atoms with Crippen molar-refractivity contribution in [1.82, 2.24) is 15.2 Å². The van der Waals surface area contributed by atoms with Crippen molar-refractivity contribution in [2.24, 2.45) is 0 Å². The van der Waals surface area contributed by atoms with Gasteiger partial charge in [-0.2, -0.15) is 0 Å². The molecule has 1 atom stereocenters. The number of nitrogens with zero attached hydrogens (tertiary/aromatic N) is 2. The summed E-state index contributed by atoms with van der Waals surface area (Å²) in [6.45, 7) is 3.44. The van der Waals surface area contributed by atoms with Crippen molar-refractivity contribution < 1.29 is 9.53 Å². The Morgan fingerprint density at radius 2 is 2.04 bits per heavy atom. The topological polar surface area (TPSA) is 66.5 Å². The molecule has 132 valence electrons. The van der Waals surface area contributed by atoms with Crippen LogP contribution in [-0.4, -0.2) is 48.8 Å². The summed E-state index contributed by atoms with van der Waals surface area (Å²) < 4.78 is 5.44. The lowest BCUT2D eigenvalue weighted by Crippen LogP contribution is -2.44. The zero-order valence-electron chi connectivity index (χ0n) is 13.8. The Hall–Kier alpha value is -2.15. The number of urea groups is 1. The van der Waals surface area contributed by atoms with Crippen LogP contribution in [0.25, 0.3) is 0 Å². The van der Waals surface area contributed by atoms with Gasteiger partial charge in [-0.25, -0.2) is 4.79 Å². The molecular weight excluding hydrogens is 340 g/mol. The summed E-state index contributed by atoms with van der Waals surface area (Å²) in [6.07, 6.45) is 3.27. The van der Waals surface area contributed by atoms with E-state index in [0.717, 1.165) is 18.7 Å². The summed E-state index contributed by atoms with van der Waals surface area (Å²) in [6, 6.07) is 11.0. The van der Waals surface area contributed by atoms with Gasteiger partial charge in [0.1, 0.15) is 0 Å². The van der Waals surface area contributed by atoms with Crippen LogP contribution >= 0.6 is 11.6 Å². The number of halogens is 1. The Kier molecular flexibility index (Phi) is 6.22. The lowest BCUT2D eigenvalue weighted by molar-refractivity contribution is 0.0168. The van der Waals surface area contributed by atoms with Crippen LogP contribution in [0.1, 0.15) is 11.6 Å². The quantitative estimate of drug-likeness (QED) is 0.860. The van der Waals surface area contributed by atoms with Crippen molar-refractivity contribution in [2.75, 3.05) is 38.2 Å². The molecule has 25 heavy (non-hydrogen) atoms. The van der Waals surface area contributed by atoms with E-state index >= 15 is 0 Å². The average Bonchev–Trinajstić information content (AvgIpc) is 2.65. The van der Waals surface area contributed by atoms with Gasteiger partial charge in [0.25, 0.3) is 0 Å². The molecule has 1 aromatic carbocycles. The lowest BCUT2D eigenvalue weighted by atomic mass is 10.0. The number of hydrogen-bond donors (Lipinski definition) is 2. The molecule has 0 radical (unpaired) electrons. The number of carbonyl (C=O) groups is 1. The summed E-state index contributed by atoms with van der Waals surface area (Å²) in [4.78, 5) is 18.5. The Bertz CT molecular complexity index is 692. The molecule has 1 aliphatic heterocycles. The molecule has 2 amide bonds. The minimum atomic E-state index is -0.265. The Labute approximate surface area is 152 Å². The first kappa shape index (κ1) is 17.7. The lowest BCUT2D eigenvalue weighted by Gasteiger charge is -2.35. The molecule has 1 saturated heterocycles. The second kappa shape index (κ2) is 8.80. The molecule has 2 aromatic rings. The molecule has 1 aliphatic rings. The molecule has 6 nitrogen and oxygen atoms in total. The first-order valence-corrected chi connectivity index (χ1v) is 8.63. The van der Waals surface area contributed by atoms with Gasteiger partial charge in [0, 0.05) is 30.9 Å². The van der Waals surface area contributed by atoms with Crippen LogP contribution in [0.4, 0.5) is 10.5 Å². The number of hydrogen-bond acceptors (Lipinski definition) is 4. The molecule has 0 aliphatic carbocycles. The Morgan fingerprint density at radius 1 is 1.24 bits per heavy atom. The van der Waals surface area contributed by atoms with Gasteiger partial charge >= 0.3 is 6.03 Å². The highest BCUT2D eigenvalue weighted by atomic mass is 35.5. The zero-order chi connectivity index (χ0) is 17.5. The van der Waals surface area contributed by atoms with E-state index in [9.17, 15) is 4.79 Å². The van der Waals surface area contributed by atoms with E-state index in [4.69, 9.17) is 16.3 Å². The first-order valence-electron chi connectivity index (χ1n) is 8.25. The highest BCUT2D eigenvalue weighted by molar-refractivity contribution is 6.31. The fourth-order valence-electron chi connectivity index (χ4n) is 2.87. The van der Waals surface area contributed by atoms with Gasteiger partial charge in [-0.15, -0.1) is 0 Å². The van der Waals surface area contributed by atoms with Crippen molar-refractivity contribution in [1.29, 1.82) is 0 Å². The number of morpholine rings is 1. The second-order valence-corrected chi connectivity index (χ2v) is 6.17. The number of aromatic nitrogens is 1. The Balaban J connectivity index is 1.67. The smallest absolute Gasteiger partial charge is 0.319 e. The summed E-state index contributed by atoms with van der Waals surface area (Å²) in [7, 11) is 0. The molecule has 3 rings (SSSR count).